The van der Waals surface area contributed by atoms with Gasteiger partial charge in [-0.15, -0.1) is 0 Å². The third-order valence-corrected chi connectivity index (χ3v) is 4.30. The summed E-state index contributed by atoms with van der Waals surface area (Å²) in [6, 6.07) is 6.33. The first kappa shape index (κ1) is 18.2. The van der Waals surface area contributed by atoms with Gasteiger partial charge >= 0.3 is 0 Å². The molecule has 0 aromatic heterocycles. The first-order valence-corrected chi connectivity index (χ1v) is 8.44. The van der Waals surface area contributed by atoms with Crippen molar-refractivity contribution in [3.8, 4) is 5.75 Å². The molecule has 1 amide bonds. The molecule has 1 aliphatic heterocycles. The van der Waals surface area contributed by atoms with Crippen LogP contribution >= 0.6 is 0 Å². The number of piperidine rings is 1. The highest BCUT2D eigenvalue weighted by atomic mass is 16.6. The van der Waals surface area contributed by atoms with E-state index in [1.165, 1.54) is 43.5 Å². The van der Waals surface area contributed by atoms with E-state index >= 15 is 0 Å². The number of nitro benzene ring substituents is 1. The number of non-ortho nitro benzene ring substituents is 1. The zero-order chi connectivity index (χ0) is 17.4. The lowest BCUT2D eigenvalue weighted by Crippen LogP contribution is -2.39. The Morgan fingerprint density at radius 2 is 2.12 bits per heavy atom. The van der Waals surface area contributed by atoms with E-state index in [2.05, 4.69) is 17.1 Å². The minimum atomic E-state index is -0.473. The Morgan fingerprint density at radius 1 is 1.38 bits per heavy atom. The molecule has 1 aromatic rings. The Balaban J connectivity index is 1.60. The predicted molar refractivity (Wildman–Crippen MR) is 91.1 cm³/mol. The number of hydrogen-bond donors (Lipinski definition) is 1. The smallest absolute Gasteiger partial charge is 0.269 e. The van der Waals surface area contributed by atoms with Crippen molar-refractivity contribution in [3.05, 3.63) is 34.4 Å². The first-order valence-electron chi connectivity index (χ1n) is 8.44. The van der Waals surface area contributed by atoms with Crippen LogP contribution in [0.1, 0.15) is 32.6 Å². The van der Waals surface area contributed by atoms with Crippen LogP contribution in [-0.2, 0) is 4.79 Å². The zero-order valence-corrected chi connectivity index (χ0v) is 14.1. The monoisotopic (exact) mass is 335 g/mol. The van der Waals surface area contributed by atoms with Crippen LogP contribution in [0, 0.1) is 10.1 Å². The van der Waals surface area contributed by atoms with Crippen LogP contribution in [0.15, 0.2) is 24.3 Å². The SMILES string of the molecule is CC1CCCCN1CCCNC(=O)COc1ccc([N+](=O)[O-])cc1. The molecule has 1 aliphatic rings. The van der Waals surface area contributed by atoms with Crippen molar-refractivity contribution in [2.45, 2.75) is 38.6 Å². The molecule has 1 N–H and O–H groups in total. The fourth-order valence-corrected chi connectivity index (χ4v) is 2.86. The standard InChI is InChI=1S/C17H25N3O4/c1-14-5-2-3-11-19(14)12-4-10-18-17(21)13-24-16-8-6-15(7-9-16)20(22)23/h6-9,14H,2-5,10-13H2,1H3,(H,18,21). The Morgan fingerprint density at radius 3 is 2.79 bits per heavy atom. The molecule has 1 unspecified atom stereocenters. The number of nitrogens with one attached hydrogen (secondary N) is 1. The van der Waals surface area contributed by atoms with Crippen molar-refractivity contribution in [1.82, 2.24) is 10.2 Å². The molecule has 1 saturated heterocycles. The molecule has 0 bridgehead atoms. The lowest BCUT2D eigenvalue weighted by molar-refractivity contribution is -0.384. The van der Waals surface area contributed by atoms with Gasteiger partial charge in [0.2, 0.25) is 0 Å². The van der Waals surface area contributed by atoms with Gasteiger partial charge in [-0.25, -0.2) is 0 Å². The van der Waals surface area contributed by atoms with Crippen molar-refractivity contribution in [3.63, 3.8) is 0 Å². The molecule has 1 atom stereocenters. The summed E-state index contributed by atoms with van der Waals surface area (Å²) >= 11 is 0. The highest BCUT2D eigenvalue weighted by molar-refractivity contribution is 5.77. The van der Waals surface area contributed by atoms with E-state index in [0.717, 1.165) is 19.5 Å². The number of nitro groups is 1. The van der Waals surface area contributed by atoms with Crippen LogP contribution in [0.5, 0.6) is 5.75 Å². The van der Waals surface area contributed by atoms with Gasteiger partial charge in [0.25, 0.3) is 11.6 Å². The number of rotatable bonds is 8. The summed E-state index contributed by atoms with van der Waals surface area (Å²) < 4.78 is 5.32. The summed E-state index contributed by atoms with van der Waals surface area (Å²) in [5.41, 5.74) is -0.00116. The van der Waals surface area contributed by atoms with Crippen LogP contribution in [0.4, 0.5) is 5.69 Å². The molecule has 1 aromatic carbocycles. The highest BCUT2D eigenvalue weighted by Crippen LogP contribution is 2.17. The molecule has 132 valence electrons. The number of likely N-dealkylation sites (tertiary alicyclic amines) is 1. The van der Waals surface area contributed by atoms with Gasteiger partial charge in [0.1, 0.15) is 5.75 Å². The number of ether oxygens (including phenoxy) is 1. The van der Waals surface area contributed by atoms with Gasteiger partial charge in [0, 0.05) is 31.3 Å². The van der Waals surface area contributed by atoms with Gasteiger partial charge in [-0.2, -0.15) is 0 Å². The Labute approximate surface area is 142 Å². The molecule has 1 fully saturated rings. The summed E-state index contributed by atoms with van der Waals surface area (Å²) in [7, 11) is 0. The van der Waals surface area contributed by atoms with Crippen LogP contribution in [0.3, 0.4) is 0 Å². The molecule has 1 heterocycles. The first-order chi connectivity index (χ1) is 11.6. The van der Waals surface area contributed by atoms with Gasteiger partial charge in [-0.05, 0) is 44.9 Å². The number of carbonyl (C=O) groups is 1. The molecule has 7 heteroatoms. The second-order valence-electron chi connectivity index (χ2n) is 6.12. The normalized spacial score (nSPS) is 18.1. The molecular formula is C17H25N3O4. The van der Waals surface area contributed by atoms with E-state index in [9.17, 15) is 14.9 Å². The van der Waals surface area contributed by atoms with E-state index < -0.39 is 4.92 Å². The Hall–Kier alpha value is -2.15. The average Bonchev–Trinajstić information content (AvgIpc) is 2.58. The fraction of sp³-hybridized carbons (Fsp3) is 0.588. The molecule has 7 nitrogen and oxygen atoms in total. The zero-order valence-electron chi connectivity index (χ0n) is 14.1. The summed E-state index contributed by atoms with van der Waals surface area (Å²) in [6.07, 6.45) is 4.76. The van der Waals surface area contributed by atoms with Crippen molar-refractivity contribution in [2.24, 2.45) is 0 Å². The average molecular weight is 335 g/mol. The topological polar surface area (TPSA) is 84.7 Å². The summed E-state index contributed by atoms with van der Waals surface area (Å²) in [5.74, 6) is 0.262. The summed E-state index contributed by atoms with van der Waals surface area (Å²) in [5, 5.41) is 13.4. The Bertz CT molecular complexity index is 547. The number of carbonyl (C=O) groups excluding carboxylic acids is 1. The van der Waals surface area contributed by atoms with Crippen molar-refractivity contribution < 1.29 is 14.5 Å². The van der Waals surface area contributed by atoms with Gasteiger partial charge in [0.15, 0.2) is 6.61 Å². The minimum absolute atomic E-state index is 0.00116. The second kappa shape index (κ2) is 9.22. The maximum Gasteiger partial charge on any atom is 0.269 e. The number of amides is 1. The van der Waals surface area contributed by atoms with E-state index in [4.69, 9.17) is 4.74 Å². The van der Waals surface area contributed by atoms with E-state index in [1.807, 2.05) is 0 Å². The number of hydrogen-bond acceptors (Lipinski definition) is 5. The van der Waals surface area contributed by atoms with Crippen LogP contribution in [0.25, 0.3) is 0 Å². The molecular weight excluding hydrogens is 310 g/mol. The maximum absolute atomic E-state index is 11.7. The van der Waals surface area contributed by atoms with Crippen molar-refractivity contribution >= 4 is 11.6 Å². The van der Waals surface area contributed by atoms with Crippen LogP contribution in [0.2, 0.25) is 0 Å². The molecule has 0 aliphatic carbocycles. The molecule has 24 heavy (non-hydrogen) atoms. The predicted octanol–water partition coefficient (Wildman–Crippen LogP) is 2.35. The third-order valence-electron chi connectivity index (χ3n) is 4.30. The van der Waals surface area contributed by atoms with Gasteiger partial charge in [-0.3, -0.25) is 14.9 Å². The maximum atomic E-state index is 11.7. The minimum Gasteiger partial charge on any atom is -0.484 e. The molecule has 0 spiro atoms. The van der Waals surface area contributed by atoms with Crippen LogP contribution in [-0.4, -0.2) is 48.0 Å². The Kier molecular flexibility index (Phi) is 6.99. The van der Waals surface area contributed by atoms with E-state index in [0.29, 0.717) is 18.3 Å². The number of nitrogens with zero attached hydrogens (tertiary/aromatic N) is 2. The quantitative estimate of drug-likeness (QED) is 0.448. The fourth-order valence-electron chi connectivity index (χ4n) is 2.86. The van der Waals surface area contributed by atoms with Gasteiger partial charge in [-0.1, -0.05) is 6.42 Å². The van der Waals surface area contributed by atoms with Crippen molar-refractivity contribution in [1.29, 1.82) is 0 Å². The lowest BCUT2D eigenvalue weighted by Gasteiger charge is -2.33. The third kappa shape index (κ3) is 5.81. The molecule has 0 saturated carbocycles. The lowest BCUT2D eigenvalue weighted by atomic mass is 10.0. The largest absolute Gasteiger partial charge is 0.484 e. The van der Waals surface area contributed by atoms with Crippen LogP contribution < -0.4 is 10.1 Å². The summed E-state index contributed by atoms with van der Waals surface area (Å²) in [6.45, 7) is 4.96. The second-order valence-corrected chi connectivity index (χ2v) is 6.12. The van der Waals surface area contributed by atoms with E-state index in [-0.39, 0.29) is 18.2 Å². The molecule has 0 radical (unpaired) electrons. The van der Waals surface area contributed by atoms with Gasteiger partial charge in [0.05, 0.1) is 4.92 Å². The molecule has 2 rings (SSSR count). The summed E-state index contributed by atoms with van der Waals surface area (Å²) in [4.78, 5) is 24.3. The highest BCUT2D eigenvalue weighted by Gasteiger charge is 2.17. The van der Waals surface area contributed by atoms with E-state index in [1.54, 1.807) is 0 Å². The van der Waals surface area contributed by atoms with Gasteiger partial charge < -0.3 is 15.0 Å². The number of benzene rings is 1. The van der Waals surface area contributed by atoms with Crippen molar-refractivity contribution in [2.75, 3.05) is 26.2 Å².